The maximum absolute atomic E-state index is 11.7. The number of nitrogens with two attached hydrogens (primary N) is 1. The Balaban J connectivity index is 4.21. The lowest BCUT2D eigenvalue weighted by Gasteiger charge is -2.23. The van der Waals surface area contributed by atoms with Gasteiger partial charge in [0.05, 0.1) is 6.54 Å². The smallest absolute Gasteiger partial charge is 0.303 e. The van der Waals surface area contributed by atoms with Gasteiger partial charge in [0.2, 0.25) is 11.8 Å². The lowest BCUT2D eigenvalue weighted by Crippen LogP contribution is -2.40. The number of carbonyl (C=O) groups excluding carboxylic acids is 2. The summed E-state index contributed by atoms with van der Waals surface area (Å²) in [7, 11) is 0. The van der Waals surface area contributed by atoms with Crippen molar-refractivity contribution in [2.75, 3.05) is 13.1 Å². The van der Waals surface area contributed by atoms with Crippen molar-refractivity contribution in [2.24, 2.45) is 11.7 Å². The normalized spacial score (nSPS) is 10.3. The van der Waals surface area contributed by atoms with Crippen molar-refractivity contribution in [3.05, 3.63) is 0 Å². The van der Waals surface area contributed by atoms with E-state index in [1.807, 2.05) is 13.8 Å². The summed E-state index contributed by atoms with van der Waals surface area (Å²) in [5, 5.41) is 8.46. The van der Waals surface area contributed by atoms with Crippen LogP contribution in [0.4, 0.5) is 0 Å². The van der Waals surface area contributed by atoms with Crippen LogP contribution in [0.2, 0.25) is 0 Å². The molecular weight excluding hydrogens is 224 g/mol. The summed E-state index contributed by atoms with van der Waals surface area (Å²) in [6, 6.07) is 0. The van der Waals surface area contributed by atoms with Crippen LogP contribution in [0, 0.1) is 5.92 Å². The number of carboxylic acids is 1. The zero-order chi connectivity index (χ0) is 13.4. The molecule has 6 heteroatoms. The fraction of sp³-hybridized carbons (Fsp3) is 0.727. The Labute approximate surface area is 101 Å². The maximum Gasteiger partial charge on any atom is 0.303 e. The van der Waals surface area contributed by atoms with Crippen molar-refractivity contribution < 1.29 is 19.5 Å². The minimum absolute atomic E-state index is 0.0438. The molecule has 2 amide bonds. The number of aliphatic carboxylic acids is 1. The first-order valence-electron chi connectivity index (χ1n) is 5.60. The summed E-state index contributed by atoms with van der Waals surface area (Å²) in [6.07, 6.45) is 0.367. The fourth-order valence-corrected chi connectivity index (χ4v) is 1.43. The third kappa shape index (κ3) is 8.24. The van der Waals surface area contributed by atoms with E-state index >= 15 is 0 Å². The molecule has 0 unspecified atom stereocenters. The van der Waals surface area contributed by atoms with Gasteiger partial charge in [0.15, 0.2) is 0 Å². The van der Waals surface area contributed by atoms with Gasteiger partial charge in [-0.15, -0.1) is 0 Å². The molecule has 0 aromatic heterocycles. The molecule has 0 atom stereocenters. The van der Waals surface area contributed by atoms with Crippen LogP contribution in [0.5, 0.6) is 0 Å². The maximum atomic E-state index is 11.7. The molecule has 0 aromatic rings. The summed E-state index contributed by atoms with van der Waals surface area (Å²) in [5.41, 5.74) is 5.06. The zero-order valence-electron chi connectivity index (χ0n) is 10.3. The quantitative estimate of drug-likeness (QED) is 0.637. The van der Waals surface area contributed by atoms with Gasteiger partial charge in [-0.2, -0.15) is 0 Å². The molecule has 0 aliphatic rings. The molecule has 0 heterocycles. The average molecular weight is 244 g/mol. The van der Waals surface area contributed by atoms with Gasteiger partial charge in [0.1, 0.15) is 0 Å². The largest absolute Gasteiger partial charge is 0.481 e. The predicted octanol–water partition coefficient (Wildman–Crippen LogP) is 0.211. The van der Waals surface area contributed by atoms with Gasteiger partial charge in [-0.1, -0.05) is 13.8 Å². The number of carbonyl (C=O) groups is 3. The first-order valence-corrected chi connectivity index (χ1v) is 5.60. The number of hydrogen-bond acceptors (Lipinski definition) is 3. The highest BCUT2D eigenvalue weighted by molar-refractivity contribution is 5.84. The van der Waals surface area contributed by atoms with Gasteiger partial charge in [-0.05, 0) is 12.3 Å². The molecule has 0 bridgehead atoms. The first kappa shape index (κ1) is 15.4. The van der Waals surface area contributed by atoms with E-state index in [1.165, 1.54) is 4.90 Å². The number of carboxylic acid groups (broad SMARTS) is 1. The molecule has 0 saturated heterocycles. The van der Waals surface area contributed by atoms with Crippen LogP contribution in [0.15, 0.2) is 0 Å². The van der Waals surface area contributed by atoms with E-state index in [1.54, 1.807) is 0 Å². The van der Waals surface area contributed by atoms with Crippen LogP contribution >= 0.6 is 0 Å². The molecule has 0 aliphatic heterocycles. The van der Waals surface area contributed by atoms with Crippen LogP contribution in [-0.2, 0) is 14.4 Å². The molecule has 0 aliphatic carbocycles. The molecule has 3 N–H and O–H groups in total. The van der Waals surface area contributed by atoms with Crippen LogP contribution in [-0.4, -0.2) is 40.9 Å². The molecule has 0 saturated carbocycles. The van der Waals surface area contributed by atoms with E-state index < -0.39 is 11.9 Å². The molecule has 0 fully saturated rings. The van der Waals surface area contributed by atoms with Gasteiger partial charge in [-0.3, -0.25) is 14.4 Å². The predicted molar refractivity (Wildman–Crippen MR) is 62.1 cm³/mol. The van der Waals surface area contributed by atoms with Crippen LogP contribution in [0.1, 0.15) is 33.1 Å². The van der Waals surface area contributed by atoms with E-state index in [2.05, 4.69) is 0 Å². The zero-order valence-corrected chi connectivity index (χ0v) is 10.3. The Bertz CT molecular complexity index is 289. The van der Waals surface area contributed by atoms with E-state index in [0.29, 0.717) is 6.54 Å². The monoisotopic (exact) mass is 244 g/mol. The van der Waals surface area contributed by atoms with Gasteiger partial charge in [0, 0.05) is 19.4 Å². The van der Waals surface area contributed by atoms with E-state index in [9.17, 15) is 14.4 Å². The van der Waals surface area contributed by atoms with Crippen molar-refractivity contribution in [1.82, 2.24) is 4.90 Å². The molecule has 0 rings (SSSR count). The van der Waals surface area contributed by atoms with Gasteiger partial charge < -0.3 is 15.7 Å². The molecule has 98 valence electrons. The number of primary amides is 1. The molecule has 0 aromatic carbocycles. The Hall–Kier alpha value is -1.59. The number of rotatable bonds is 8. The van der Waals surface area contributed by atoms with E-state index in [4.69, 9.17) is 10.8 Å². The second-order valence-electron chi connectivity index (χ2n) is 4.38. The lowest BCUT2D eigenvalue weighted by atomic mass is 10.1. The van der Waals surface area contributed by atoms with E-state index in [0.717, 1.165) is 0 Å². The minimum Gasteiger partial charge on any atom is -0.481 e. The van der Waals surface area contributed by atoms with Crippen LogP contribution < -0.4 is 5.73 Å². The molecule has 6 nitrogen and oxygen atoms in total. The summed E-state index contributed by atoms with van der Waals surface area (Å²) >= 11 is 0. The van der Waals surface area contributed by atoms with Gasteiger partial charge >= 0.3 is 5.97 Å². The average Bonchev–Trinajstić information content (AvgIpc) is 2.14. The lowest BCUT2D eigenvalue weighted by molar-refractivity contribution is -0.138. The molecular formula is C11H20N2O4. The minimum atomic E-state index is -0.928. The topological polar surface area (TPSA) is 101 Å². The van der Waals surface area contributed by atoms with Crippen molar-refractivity contribution in [3.63, 3.8) is 0 Å². The second-order valence-corrected chi connectivity index (χ2v) is 4.38. The SMILES string of the molecule is CC(C)CN(CC(N)=O)C(=O)CCCC(=O)O. The Kier molecular flexibility index (Phi) is 6.93. The molecule has 17 heavy (non-hydrogen) atoms. The third-order valence-corrected chi connectivity index (χ3v) is 2.07. The second kappa shape index (κ2) is 7.65. The Morgan fingerprint density at radius 3 is 2.24 bits per heavy atom. The van der Waals surface area contributed by atoms with Crippen LogP contribution in [0.25, 0.3) is 0 Å². The Morgan fingerprint density at radius 2 is 1.82 bits per heavy atom. The fourth-order valence-electron chi connectivity index (χ4n) is 1.43. The van der Waals surface area contributed by atoms with Gasteiger partial charge in [0.25, 0.3) is 0 Å². The number of nitrogens with zero attached hydrogens (tertiary/aromatic N) is 1. The summed E-state index contributed by atoms with van der Waals surface area (Å²) in [5.74, 6) is -1.48. The van der Waals surface area contributed by atoms with Crippen molar-refractivity contribution in [1.29, 1.82) is 0 Å². The first-order chi connectivity index (χ1) is 7.82. The standard InChI is InChI=1S/C11H20N2O4/c1-8(2)6-13(7-9(12)14)10(15)4-3-5-11(16)17/h8H,3-7H2,1-2H3,(H2,12,14)(H,16,17). The number of amides is 2. The molecule has 0 radical (unpaired) electrons. The summed E-state index contributed by atoms with van der Waals surface area (Å²) < 4.78 is 0. The van der Waals surface area contributed by atoms with Crippen molar-refractivity contribution in [3.8, 4) is 0 Å². The van der Waals surface area contributed by atoms with Crippen molar-refractivity contribution in [2.45, 2.75) is 33.1 Å². The highest BCUT2D eigenvalue weighted by Crippen LogP contribution is 2.04. The highest BCUT2D eigenvalue weighted by atomic mass is 16.4. The summed E-state index contributed by atoms with van der Waals surface area (Å²) in [6.45, 7) is 4.20. The summed E-state index contributed by atoms with van der Waals surface area (Å²) in [4.78, 5) is 34.2. The van der Waals surface area contributed by atoms with E-state index in [-0.39, 0.29) is 37.6 Å². The van der Waals surface area contributed by atoms with Gasteiger partial charge in [-0.25, -0.2) is 0 Å². The van der Waals surface area contributed by atoms with Crippen LogP contribution in [0.3, 0.4) is 0 Å². The highest BCUT2D eigenvalue weighted by Gasteiger charge is 2.16. The molecule has 0 spiro atoms. The third-order valence-electron chi connectivity index (χ3n) is 2.07. The Morgan fingerprint density at radius 1 is 1.24 bits per heavy atom. The number of hydrogen-bond donors (Lipinski definition) is 2. The van der Waals surface area contributed by atoms with Crippen molar-refractivity contribution >= 4 is 17.8 Å².